The number of piperazine rings is 1. The third-order valence-electron chi connectivity index (χ3n) is 3.64. The Kier molecular flexibility index (Phi) is 5.70. The first-order chi connectivity index (χ1) is 11.1. The van der Waals surface area contributed by atoms with Gasteiger partial charge in [0.2, 0.25) is 0 Å². The maximum absolute atomic E-state index is 14.2. The van der Waals surface area contributed by atoms with Crippen LogP contribution in [-0.4, -0.2) is 54.0 Å². The number of aliphatic hydroxyl groups excluding tert-OH is 1. The molecule has 1 aliphatic heterocycles. The summed E-state index contributed by atoms with van der Waals surface area (Å²) in [5, 5.41) is 9.62. The summed E-state index contributed by atoms with van der Waals surface area (Å²) in [5.74, 6) is -1.18. The van der Waals surface area contributed by atoms with Gasteiger partial charge in [0.25, 0.3) is 0 Å². The number of rotatable bonds is 2. The molecule has 1 saturated heterocycles. The van der Waals surface area contributed by atoms with Crippen LogP contribution in [0.4, 0.5) is 19.3 Å². The third-order valence-corrected chi connectivity index (χ3v) is 4.25. The standard InChI is InChI=1S/C16H21BrF2N2O3/c1-16(2,3)24-15(23)20-4-5-21(10(8-20)9-22)14-7-12(18)11(17)6-13(14)19/h6-7,10,22H,4-5,8-9H2,1-3H3/t10-/m1/s1. The first-order valence-corrected chi connectivity index (χ1v) is 8.41. The molecule has 0 radical (unpaired) electrons. The van der Waals surface area contributed by atoms with Gasteiger partial charge >= 0.3 is 6.09 Å². The van der Waals surface area contributed by atoms with E-state index in [1.54, 1.807) is 25.7 Å². The molecule has 1 aliphatic rings. The van der Waals surface area contributed by atoms with Crippen molar-refractivity contribution in [3.05, 3.63) is 28.2 Å². The molecule has 1 atom stereocenters. The highest BCUT2D eigenvalue weighted by Crippen LogP contribution is 2.29. The number of carbonyl (C=O) groups is 1. The van der Waals surface area contributed by atoms with E-state index >= 15 is 0 Å². The summed E-state index contributed by atoms with van der Waals surface area (Å²) in [4.78, 5) is 15.2. The molecule has 1 fully saturated rings. The molecule has 5 nitrogen and oxygen atoms in total. The van der Waals surface area contributed by atoms with Crippen LogP contribution < -0.4 is 4.90 Å². The molecular formula is C16H21BrF2N2O3. The largest absolute Gasteiger partial charge is 0.444 e. The van der Waals surface area contributed by atoms with Crippen molar-refractivity contribution in [2.45, 2.75) is 32.4 Å². The molecule has 24 heavy (non-hydrogen) atoms. The van der Waals surface area contributed by atoms with E-state index in [1.807, 2.05) is 0 Å². The van der Waals surface area contributed by atoms with Gasteiger partial charge in [-0.15, -0.1) is 0 Å². The van der Waals surface area contributed by atoms with Crippen molar-refractivity contribution >= 4 is 27.7 Å². The summed E-state index contributed by atoms with van der Waals surface area (Å²) < 4.78 is 33.3. The number of amides is 1. The van der Waals surface area contributed by atoms with Gasteiger partial charge < -0.3 is 19.6 Å². The van der Waals surface area contributed by atoms with Crippen LogP contribution in [-0.2, 0) is 4.74 Å². The molecule has 0 aromatic heterocycles. The molecule has 1 aromatic rings. The monoisotopic (exact) mass is 406 g/mol. The Balaban J connectivity index is 2.16. The van der Waals surface area contributed by atoms with Crippen molar-refractivity contribution in [2.24, 2.45) is 0 Å². The lowest BCUT2D eigenvalue weighted by atomic mass is 10.1. The minimum atomic E-state index is -0.621. The Bertz CT molecular complexity index is 622. The second-order valence-corrected chi connectivity index (χ2v) is 7.53. The Morgan fingerprint density at radius 3 is 2.58 bits per heavy atom. The average Bonchev–Trinajstić information content (AvgIpc) is 2.48. The van der Waals surface area contributed by atoms with E-state index < -0.39 is 29.4 Å². The van der Waals surface area contributed by atoms with Crippen molar-refractivity contribution in [3.8, 4) is 0 Å². The van der Waals surface area contributed by atoms with Crippen molar-refractivity contribution in [1.29, 1.82) is 0 Å². The highest BCUT2D eigenvalue weighted by atomic mass is 79.9. The lowest BCUT2D eigenvalue weighted by molar-refractivity contribution is 0.0197. The van der Waals surface area contributed by atoms with Gasteiger partial charge in [-0.05, 0) is 42.8 Å². The Hall–Kier alpha value is -1.41. The quantitative estimate of drug-likeness (QED) is 0.766. The van der Waals surface area contributed by atoms with E-state index in [0.717, 1.165) is 12.1 Å². The molecule has 1 aromatic carbocycles. The number of hydrogen-bond donors (Lipinski definition) is 1. The number of halogens is 3. The number of carbonyl (C=O) groups excluding carboxylic acids is 1. The van der Waals surface area contributed by atoms with E-state index in [9.17, 15) is 18.7 Å². The molecule has 0 saturated carbocycles. The molecule has 8 heteroatoms. The molecule has 0 bridgehead atoms. The minimum Gasteiger partial charge on any atom is -0.444 e. The highest BCUT2D eigenvalue weighted by molar-refractivity contribution is 9.10. The second kappa shape index (κ2) is 7.23. The first kappa shape index (κ1) is 18.9. The van der Waals surface area contributed by atoms with Gasteiger partial charge in [0.05, 0.1) is 22.8 Å². The van der Waals surface area contributed by atoms with Gasteiger partial charge in [-0.25, -0.2) is 13.6 Å². The topological polar surface area (TPSA) is 53.0 Å². The van der Waals surface area contributed by atoms with Crippen molar-refractivity contribution in [2.75, 3.05) is 31.1 Å². The van der Waals surface area contributed by atoms with E-state index in [-0.39, 0.29) is 29.9 Å². The number of ether oxygens (including phenoxy) is 1. The van der Waals surface area contributed by atoms with E-state index in [1.165, 1.54) is 4.90 Å². The van der Waals surface area contributed by atoms with Crippen LogP contribution in [0.2, 0.25) is 0 Å². The van der Waals surface area contributed by atoms with Crippen LogP contribution in [0.5, 0.6) is 0 Å². The first-order valence-electron chi connectivity index (χ1n) is 7.62. The number of anilines is 1. The summed E-state index contributed by atoms with van der Waals surface area (Å²) >= 11 is 2.94. The SMILES string of the molecule is CC(C)(C)OC(=O)N1CCN(c2cc(F)c(Br)cc2F)[C@@H](CO)C1. The zero-order valence-corrected chi connectivity index (χ0v) is 15.4. The molecule has 0 spiro atoms. The number of benzene rings is 1. The fourth-order valence-electron chi connectivity index (χ4n) is 2.55. The van der Waals surface area contributed by atoms with E-state index in [0.29, 0.717) is 6.54 Å². The minimum absolute atomic E-state index is 0.0386. The van der Waals surface area contributed by atoms with E-state index in [2.05, 4.69) is 15.9 Å². The molecule has 0 aliphatic carbocycles. The van der Waals surface area contributed by atoms with Crippen molar-refractivity contribution < 1.29 is 23.4 Å². The highest BCUT2D eigenvalue weighted by Gasteiger charge is 2.33. The molecule has 0 unspecified atom stereocenters. The van der Waals surface area contributed by atoms with Crippen LogP contribution >= 0.6 is 15.9 Å². The predicted molar refractivity (Wildman–Crippen MR) is 90.1 cm³/mol. The summed E-state index contributed by atoms with van der Waals surface area (Å²) in [6, 6.07) is 1.60. The van der Waals surface area contributed by atoms with Gasteiger partial charge in [0, 0.05) is 25.7 Å². The smallest absolute Gasteiger partial charge is 0.410 e. The molecule has 134 valence electrons. The van der Waals surface area contributed by atoms with Crippen LogP contribution in [0.25, 0.3) is 0 Å². The maximum atomic E-state index is 14.2. The second-order valence-electron chi connectivity index (χ2n) is 6.67. The van der Waals surface area contributed by atoms with Gasteiger partial charge in [-0.2, -0.15) is 0 Å². The van der Waals surface area contributed by atoms with Crippen LogP contribution in [0.1, 0.15) is 20.8 Å². The number of hydrogen-bond acceptors (Lipinski definition) is 4. The lowest BCUT2D eigenvalue weighted by Gasteiger charge is -2.42. The zero-order chi connectivity index (χ0) is 18.1. The fourth-order valence-corrected chi connectivity index (χ4v) is 2.87. The summed E-state index contributed by atoms with van der Waals surface area (Å²) in [6.07, 6.45) is -0.483. The zero-order valence-electron chi connectivity index (χ0n) is 13.9. The summed E-state index contributed by atoms with van der Waals surface area (Å²) in [6.45, 7) is 5.74. The maximum Gasteiger partial charge on any atom is 0.410 e. The average molecular weight is 407 g/mol. The van der Waals surface area contributed by atoms with Gasteiger partial charge in [-0.1, -0.05) is 0 Å². The van der Waals surface area contributed by atoms with Crippen LogP contribution in [0, 0.1) is 11.6 Å². The Labute approximate surface area is 148 Å². The fraction of sp³-hybridized carbons (Fsp3) is 0.562. The number of aliphatic hydroxyl groups is 1. The van der Waals surface area contributed by atoms with Gasteiger partial charge in [-0.3, -0.25) is 0 Å². The van der Waals surface area contributed by atoms with Crippen molar-refractivity contribution in [1.82, 2.24) is 4.90 Å². The Morgan fingerprint density at radius 1 is 1.33 bits per heavy atom. The van der Waals surface area contributed by atoms with Gasteiger partial charge in [0.1, 0.15) is 17.2 Å². The van der Waals surface area contributed by atoms with Gasteiger partial charge in [0.15, 0.2) is 0 Å². The normalized spacial score (nSPS) is 18.7. The third kappa shape index (κ3) is 4.36. The van der Waals surface area contributed by atoms with Crippen LogP contribution in [0.3, 0.4) is 0 Å². The molecule has 1 amide bonds. The molecule has 2 rings (SSSR count). The van der Waals surface area contributed by atoms with E-state index in [4.69, 9.17) is 4.74 Å². The molecular weight excluding hydrogens is 386 g/mol. The lowest BCUT2D eigenvalue weighted by Crippen LogP contribution is -2.57. The summed E-state index contributed by atoms with van der Waals surface area (Å²) in [7, 11) is 0. The predicted octanol–water partition coefficient (Wildman–Crippen LogP) is 3.15. The Morgan fingerprint density at radius 2 is 2.00 bits per heavy atom. The molecule has 1 N–H and O–H groups in total. The van der Waals surface area contributed by atoms with Crippen molar-refractivity contribution in [3.63, 3.8) is 0 Å². The number of nitrogens with zero attached hydrogens (tertiary/aromatic N) is 2. The van der Waals surface area contributed by atoms with Crippen LogP contribution in [0.15, 0.2) is 16.6 Å². The molecule has 1 heterocycles. The summed E-state index contributed by atoms with van der Waals surface area (Å²) in [5.41, 5.74) is -0.553.